The Morgan fingerprint density at radius 3 is 2.49 bits per heavy atom. The number of ether oxygens (including phenoxy) is 5. The molecule has 0 bridgehead atoms. The minimum Gasteiger partial charge on any atom is -0.469 e. The summed E-state index contributed by atoms with van der Waals surface area (Å²) in [6, 6.07) is 0. The third kappa shape index (κ3) is 11.1. The Morgan fingerprint density at radius 2 is 1.82 bits per heavy atom. The van der Waals surface area contributed by atoms with E-state index in [1.54, 1.807) is 0 Å². The van der Waals surface area contributed by atoms with E-state index in [1.165, 1.54) is 25.5 Å². The molecule has 5 atom stereocenters. The van der Waals surface area contributed by atoms with Gasteiger partial charge in [0, 0.05) is 25.6 Å². The van der Waals surface area contributed by atoms with Crippen LogP contribution in [0, 0.1) is 11.3 Å². The molecule has 0 aromatic carbocycles. The van der Waals surface area contributed by atoms with E-state index in [0.717, 1.165) is 83.8 Å². The second-order valence-corrected chi connectivity index (χ2v) is 12.0. The highest BCUT2D eigenvalue weighted by atomic mass is 16.7. The van der Waals surface area contributed by atoms with E-state index in [1.807, 2.05) is 0 Å². The van der Waals surface area contributed by atoms with Gasteiger partial charge >= 0.3 is 5.97 Å². The van der Waals surface area contributed by atoms with Gasteiger partial charge in [-0.25, -0.2) is 0 Å². The summed E-state index contributed by atoms with van der Waals surface area (Å²) in [6.45, 7) is 8.48. The molecule has 2 saturated heterocycles. The van der Waals surface area contributed by atoms with Crippen LogP contribution in [0.15, 0.2) is 36.0 Å². The first-order valence-corrected chi connectivity index (χ1v) is 15.6. The molecular formula is C33H54O6. The summed E-state index contributed by atoms with van der Waals surface area (Å²) in [5.74, 6) is 0.0462. The van der Waals surface area contributed by atoms with Crippen molar-refractivity contribution in [2.24, 2.45) is 11.3 Å². The lowest BCUT2D eigenvalue weighted by Crippen LogP contribution is -2.36. The molecule has 2 aliphatic heterocycles. The molecule has 222 valence electrons. The zero-order chi connectivity index (χ0) is 27.9. The number of unbranched alkanes of at least 4 members (excludes halogenated alkanes) is 2. The third-order valence-electron chi connectivity index (χ3n) is 8.28. The normalized spacial score (nSPS) is 27.2. The summed E-state index contributed by atoms with van der Waals surface area (Å²) in [5, 5.41) is 0. The van der Waals surface area contributed by atoms with Crippen molar-refractivity contribution in [1.82, 2.24) is 0 Å². The van der Waals surface area contributed by atoms with E-state index in [4.69, 9.17) is 23.7 Å². The number of carbonyl (C=O) groups excluding carboxylic acids is 1. The number of esters is 1. The van der Waals surface area contributed by atoms with Crippen LogP contribution in [0.25, 0.3) is 0 Å². The van der Waals surface area contributed by atoms with Gasteiger partial charge in [-0.05, 0) is 76.0 Å². The number of hydrogen-bond donors (Lipinski definition) is 0. The largest absolute Gasteiger partial charge is 0.469 e. The van der Waals surface area contributed by atoms with Gasteiger partial charge in [-0.15, -0.1) is 0 Å². The molecule has 2 heterocycles. The van der Waals surface area contributed by atoms with Crippen molar-refractivity contribution in [2.75, 3.05) is 20.3 Å². The van der Waals surface area contributed by atoms with Gasteiger partial charge < -0.3 is 23.7 Å². The second-order valence-electron chi connectivity index (χ2n) is 12.0. The molecular weight excluding hydrogens is 492 g/mol. The number of hydrogen-bond acceptors (Lipinski definition) is 6. The lowest BCUT2D eigenvalue weighted by Gasteiger charge is -2.36. The SMILES string of the molecule is CCCCC(C)(C)[C@@H](C=C[C@@H]1C(CC=CCCCC(=O)OC)=CC[C@H]1OC1CCCCO1)OC1CCCCO1. The number of carbonyl (C=O) groups is 1. The van der Waals surface area contributed by atoms with E-state index >= 15 is 0 Å². The summed E-state index contributed by atoms with van der Waals surface area (Å²) in [7, 11) is 1.44. The molecule has 0 aromatic rings. The minimum atomic E-state index is -0.144. The van der Waals surface area contributed by atoms with Gasteiger partial charge in [-0.2, -0.15) is 0 Å². The quantitative estimate of drug-likeness (QED) is 0.112. The molecule has 0 aromatic heterocycles. The topological polar surface area (TPSA) is 63.2 Å². The Kier molecular flexibility index (Phi) is 14.3. The first-order valence-electron chi connectivity index (χ1n) is 15.6. The maximum Gasteiger partial charge on any atom is 0.305 e. The monoisotopic (exact) mass is 546 g/mol. The van der Waals surface area contributed by atoms with E-state index in [0.29, 0.717) is 6.42 Å². The molecule has 6 nitrogen and oxygen atoms in total. The highest BCUT2D eigenvalue weighted by Crippen LogP contribution is 2.37. The van der Waals surface area contributed by atoms with Gasteiger partial charge in [0.1, 0.15) is 0 Å². The van der Waals surface area contributed by atoms with E-state index < -0.39 is 0 Å². The maximum atomic E-state index is 11.4. The van der Waals surface area contributed by atoms with Crippen molar-refractivity contribution in [1.29, 1.82) is 0 Å². The number of methoxy groups -OCH3 is 1. The predicted octanol–water partition coefficient (Wildman–Crippen LogP) is 7.82. The summed E-state index contributed by atoms with van der Waals surface area (Å²) in [6.07, 6.45) is 25.2. The molecule has 0 radical (unpaired) electrons. The maximum absolute atomic E-state index is 11.4. The Hall–Kier alpha value is -1.47. The lowest BCUT2D eigenvalue weighted by atomic mass is 9.80. The van der Waals surface area contributed by atoms with E-state index in [2.05, 4.69) is 51.2 Å². The van der Waals surface area contributed by atoms with Crippen LogP contribution in [0.2, 0.25) is 0 Å². The van der Waals surface area contributed by atoms with Crippen molar-refractivity contribution in [3.05, 3.63) is 36.0 Å². The van der Waals surface area contributed by atoms with Gasteiger partial charge in [-0.1, -0.05) is 69.6 Å². The smallest absolute Gasteiger partial charge is 0.305 e. The van der Waals surface area contributed by atoms with E-state index in [-0.39, 0.29) is 42.1 Å². The van der Waals surface area contributed by atoms with Crippen molar-refractivity contribution >= 4 is 5.97 Å². The van der Waals surface area contributed by atoms with Gasteiger partial charge in [0.15, 0.2) is 12.6 Å². The molecule has 0 saturated carbocycles. The van der Waals surface area contributed by atoms with Gasteiger partial charge in [0.05, 0.1) is 19.3 Å². The fourth-order valence-electron chi connectivity index (χ4n) is 5.68. The molecule has 2 fully saturated rings. The van der Waals surface area contributed by atoms with Crippen molar-refractivity contribution in [3.8, 4) is 0 Å². The van der Waals surface area contributed by atoms with Gasteiger partial charge in [0.25, 0.3) is 0 Å². The lowest BCUT2D eigenvalue weighted by molar-refractivity contribution is -0.198. The molecule has 2 unspecified atom stereocenters. The Balaban J connectivity index is 1.70. The first-order chi connectivity index (χ1) is 18.9. The zero-order valence-corrected chi connectivity index (χ0v) is 25.0. The second kappa shape index (κ2) is 17.4. The standard InChI is InChI=1S/C33H54O6/c1-5-6-23-33(2,3)29(39-32-18-12-14-25-37-32)22-20-27-26(15-9-7-8-10-16-30(34)35-4)19-21-28(27)38-31-17-11-13-24-36-31/h7,9,19-20,22,27-29,31-32H,5-6,8,10-18,21,23-25H2,1-4H3/t27-,28-,29-,31?,32?/m1/s1. The fourth-order valence-corrected chi connectivity index (χ4v) is 5.68. The number of rotatable bonds is 16. The molecule has 0 spiro atoms. The molecule has 1 aliphatic carbocycles. The average Bonchev–Trinajstić information content (AvgIpc) is 3.33. The van der Waals surface area contributed by atoms with E-state index in [9.17, 15) is 4.79 Å². The van der Waals surface area contributed by atoms with Crippen molar-refractivity contribution in [2.45, 2.75) is 135 Å². The van der Waals surface area contributed by atoms with Crippen LogP contribution < -0.4 is 0 Å². The fraction of sp³-hybridized carbons (Fsp3) is 0.788. The molecule has 3 rings (SSSR count). The predicted molar refractivity (Wildman–Crippen MR) is 155 cm³/mol. The molecule has 3 aliphatic rings. The Bertz CT molecular complexity index is 788. The van der Waals surface area contributed by atoms with Crippen LogP contribution in [0.3, 0.4) is 0 Å². The molecule has 6 heteroatoms. The molecule has 0 N–H and O–H groups in total. The van der Waals surface area contributed by atoms with Crippen LogP contribution in [0.4, 0.5) is 0 Å². The minimum absolute atomic E-state index is 0.0121. The zero-order valence-electron chi connectivity index (χ0n) is 25.0. The van der Waals surface area contributed by atoms with Crippen LogP contribution >= 0.6 is 0 Å². The van der Waals surface area contributed by atoms with Crippen molar-refractivity contribution in [3.63, 3.8) is 0 Å². The van der Waals surface area contributed by atoms with Crippen LogP contribution in [0.1, 0.15) is 111 Å². The Labute approximate surface area is 237 Å². The summed E-state index contributed by atoms with van der Waals surface area (Å²) in [5.41, 5.74) is 1.40. The first kappa shape index (κ1) is 32.0. The molecule has 39 heavy (non-hydrogen) atoms. The highest BCUT2D eigenvalue weighted by Gasteiger charge is 2.34. The third-order valence-corrected chi connectivity index (χ3v) is 8.28. The Morgan fingerprint density at radius 1 is 1.08 bits per heavy atom. The van der Waals surface area contributed by atoms with Crippen molar-refractivity contribution < 1.29 is 28.5 Å². The van der Waals surface area contributed by atoms with Crippen LogP contribution in [-0.4, -0.2) is 51.1 Å². The summed E-state index contributed by atoms with van der Waals surface area (Å²) < 4.78 is 29.9. The van der Waals surface area contributed by atoms with Gasteiger partial charge in [-0.3, -0.25) is 4.79 Å². The summed E-state index contributed by atoms with van der Waals surface area (Å²) in [4.78, 5) is 11.4. The molecule has 0 amide bonds. The highest BCUT2D eigenvalue weighted by molar-refractivity contribution is 5.69. The number of allylic oxidation sites excluding steroid dienone is 2. The average molecular weight is 547 g/mol. The van der Waals surface area contributed by atoms with Crippen LogP contribution in [-0.2, 0) is 28.5 Å². The summed E-state index contributed by atoms with van der Waals surface area (Å²) >= 11 is 0. The van der Waals surface area contributed by atoms with Crippen LogP contribution in [0.5, 0.6) is 0 Å². The van der Waals surface area contributed by atoms with Gasteiger partial charge in [0.2, 0.25) is 0 Å².